The third kappa shape index (κ3) is 3.25. The lowest BCUT2D eigenvalue weighted by atomic mass is 10.2. The van der Waals surface area contributed by atoms with Crippen molar-refractivity contribution in [3.63, 3.8) is 0 Å². The van der Waals surface area contributed by atoms with Crippen molar-refractivity contribution in [3.8, 4) is 5.75 Å². The Labute approximate surface area is 149 Å². The number of phenolic OH excluding ortho intramolecular Hbond substituents is 1. The van der Waals surface area contributed by atoms with Crippen molar-refractivity contribution in [1.29, 1.82) is 0 Å². The van der Waals surface area contributed by atoms with Gasteiger partial charge in [0, 0.05) is 13.2 Å². The first-order chi connectivity index (χ1) is 12.2. The number of hydrogen-bond donors (Lipinski definition) is 2. The number of benzene rings is 1. The van der Waals surface area contributed by atoms with E-state index < -0.39 is 0 Å². The number of rotatable bonds is 4. The lowest BCUT2D eigenvalue weighted by Gasteiger charge is -2.23. The van der Waals surface area contributed by atoms with E-state index >= 15 is 0 Å². The van der Waals surface area contributed by atoms with Gasteiger partial charge in [0.05, 0.1) is 11.3 Å². The molecule has 7 nitrogen and oxygen atoms in total. The molecule has 0 aliphatic carbocycles. The maximum Gasteiger partial charge on any atom is 0.167 e. The molecule has 0 amide bonds. The van der Waals surface area contributed by atoms with Gasteiger partial charge in [0.15, 0.2) is 17.0 Å². The molecule has 0 saturated carbocycles. The van der Waals surface area contributed by atoms with E-state index in [0.29, 0.717) is 22.9 Å². The van der Waals surface area contributed by atoms with Crippen LogP contribution in [0.5, 0.6) is 5.75 Å². The average Bonchev–Trinajstić information content (AvgIpc) is 3.08. The Hall–Kier alpha value is -2.38. The summed E-state index contributed by atoms with van der Waals surface area (Å²) >= 11 is 5.95. The molecule has 1 unspecified atom stereocenters. The average molecular weight is 360 g/mol. The van der Waals surface area contributed by atoms with E-state index in [4.69, 9.17) is 16.3 Å². The van der Waals surface area contributed by atoms with Crippen molar-refractivity contribution in [2.24, 2.45) is 0 Å². The predicted octanol–water partition coefficient (Wildman–Crippen LogP) is 3.50. The second-order valence-corrected chi connectivity index (χ2v) is 6.41. The highest BCUT2D eigenvalue weighted by Gasteiger charge is 2.20. The van der Waals surface area contributed by atoms with Crippen molar-refractivity contribution >= 4 is 28.6 Å². The number of anilines is 1. The van der Waals surface area contributed by atoms with Crippen molar-refractivity contribution in [3.05, 3.63) is 41.4 Å². The minimum atomic E-state index is -0.0163. The minimum Gasteiger partial charge on any atom is -0.506 e. The Morgan fingerprint density at radius 1 is 1.28 bits per heavy atom. The van der Waals surface area contributed by atoms with Gasteiger partial charge in [0.1, 0.15) is 18.3 Å². The number of ether oxygens (including phenoxy) is 1. The molecule has 1 saturated heterocycles. The Balaban J connectivity index is 1.57. The van der Waals surface area contributed by atoms with Crippen molar-refractivity contribution in [2.45, 2.75) is 32.0 Å². The fraction of sp³-hybridized carbons (Fsp3) is 0.353. The van der Waals surface area contributed by atoms with Crippen LogP contribution >= 0.6 is 11.6 Å². The molecule has 2 N–H and O–H groups in total. The van der Waals surface area contributed by atoms with Crippen molar-refractivity contribution in [1.82, 2.24) is 19.5 Å². The first kappa shape index (κ1) is 16.1. The zero-order chi connectivity index (χ0) is 17.2. The molecular formula is C17H18ClN5O2. The summed E-state index contributed by atoms with van der Waals surface area (Å²) in [4.78, 5) is 13.1. The number of halogens is 1. The third-order valence-corrected chi connectivity index (χ3v) is 4.60. The largest absolute Gasteiger partial charge is 0.506 e. The van der Waals surface area contributed by atoms with Gasteiger partial charge in [-0.15, -0.1) is 0 Å². The summed E-state index contributed by atoms with van der Waals surface area (Å²) in [6, 6.07) is 5.10. The fourth-order valence-corrected chi connectivity index (χ4v) is 3.18. The quantitative estimate of drug-likeness (QED) is 0.741. The standard InChI is InChI=1S/C17H18ClN5O2/c18-12-7-11(4-5-13(12)24)8-19-16-15-17(21-9-20-16)23(10-22-15)14-3-1-2-6-25-14/h4-5,7,9-10,14,24H,1-3,6,8H2,(H,19,20,21). The molecule has 0 bridgehead atoms. The van der Waals surface area contributed by atoms with Crippen LogP contribution < -0.4 is 5.32 Å². The van der Waals surface area contributed by atoms with E-state index in [-0.39, 0.29) is 12.0 Å². The summed E-state index contributed by atoms with van der Waals surface area (Å²) in [5, 5.41) is 13.1. The van der Waals surface area contributed by atoms with Crippen LogP contribution in [-0.2, 0) is 11.3 Å². The number of nitrogens with zero attached hydrogens (tertiary/aromatic N) is 4. The van der Waals surface area contributed by atoms with Crippen molar-refractivity contribution in [2.75, 3.05) is 11.9 Å². The van der Waals surface area contributed by atoms with Crippen LogP contribution in [0.15, 0.2) is 30.9 Å². The number of aromatic nitrogens is 4. The first-order valence-electron chi connectivity index (χ1n) is 8.23. The summed E-state index contributed by atoms with van der Waals surface area (Å²) in [7, 11) is 0. The van der Waals surface area contributed by atoms with Gasteiger partial charge in [-0.2, -0.15) is 0 Å². The highest BCUT2D eigenvalue weighted by molar-refractivity contribution is 6.32. The van der Waals surface area contributed by atoms with Gasteiger partial charge in [-0.25, -0.2) is 15.0 Å². The number of phenols is 1. The second kappa shape index (κ2) is 6.85. The third-order valence-electron chi connectivity index (χ3n) is 4.30. The number of fused-ring (bicyclic) bond motifs is 1. The Kier molecular flexibility index (Phi) is 4.42. The van der Waals surface area contributed by atoms with Crippen LogP contribution in [0.2, 0.25) is 5.02 Å². The first-order valence-corrected chi connectivity index (χ1v) is 8.60. The Bertz CT molecular complexity index is 892. The van der Waals surface area contributed by atoms with Gasteiger partial charge in [-0.05, 0) is 37.0 Å². The molecule has 1 aromatic carbocycles. The molecule has 1 fully saturated rings. The molecular weight excluding hydrogens is 342 g/mol. The van der Waals surface area contributed by atoms with E-state index in [1.807, 2.05) is 4.57 Å². The molecule has 1 atom stereocenters. The molecule has 0 spiro atoms. The van der Waals surface area contributed by atoms with Gasteiger partial charge in [-0.1, -0.05) is 17.7 Å². The smallest absolute Gasteiger partial charge is 0.167 e. The number of hydrogen-bond acceptors (Lipinski definition) is 6. The maximum atomic E-state index is 9.50. The van der Waals surface area contributed by atoms with Crippen LogP contribution in [0.25, 0.3) is 11.2 Å². The highest BCUT2D eigenvalue weighted by Crippen LogP contribution is 2.28. The van der Waals surface area contributed by atoms with Crippen molar-refractivity contribution < 1.29 is 9.84 Å². The molecule has 1 aliphatic heterocycles. The predicted molar refractivity (Wildman–Crippen MR) is 94.6 cm³/mol. The van der Waals surface area contributed by atoms with E-state index in [1.54, 1.807) is 24.5 Å². The molecule has 2 aromatic heterocycles. The summed E-state index contributed by atoms with van der Waals surface area (Å²) < 4.78 is 7.80. The zero-order valence-electron chi connectivity index (χ0n) is 13.5. The van der Waals surface area contributed by atoms with Crippen LogP contribution in [0, 0.1) is 0 Å². The lowest BCUT2D eigenvalue weighted by Crippen LogP contribution is -2.17. The van der Waals surface area contributed by atoms with Gasteiger partial charge >= 0.3 is 0 Å². The number of nitrogens with one attached hydrogen (secondary N) is 1. The molecule has 130 valence electrons. The summed E-state index contributed by atoms with van der Waals surface area (Å²) in [6.45, 7) is 1.28. The van der Waals surface area contributed by atoms with E-state index in [1.165, 1.54) is 6.33 Å². The number of aromatic hydroxyl groups is 1. The molecule has 3 aromatic rings. The molecule has 4 rings (SSSR count). The highest BCUT2D eigenvalue weighted by atomic mass is 35.5. The van der Waals surface area contributed by atoms with Crippen LogP contribution in [0.4, 0.5) is 5.82 Å². The molecule has 8 heteroatoms. The van der Waals surface area contributed by atoms with Gasteiger partial charge in [-0.3, -0.25) is 4.57 Å². The maximum absolute atomic E-state index is 9.50. The minimum absolute atomic E-state index is 0.0163. The summed E-state index contributed by atoms with van der Waals surface area (Å²) in [5.74, 6) is 0.727. The second-order valence-electron chi connectivity index (χ2n) is 6.01. The molecule has 1 aliphatic rings. The van der Waals surface area contributed by atoms with Crippen LogP contribution in [-0.4, -0.2) is 31.2 Å². The van der Waals surface area contributed by atoms with Crippen LogP contribution in [0.3, 0.4) is 0 Å². The topological polar surface area (TPSA) is 85.1 Å². The fourth-order valence-electron chi connectivity index (χ4n) is 2.98. The normalized spacial score (nSPS) is 17.7. The molecule has 3 heterocycles. The monoisotopic (exact) mass is 359 g/mol. The van der Waals surface area contributed by atoms with Gasteiger partial charge in [0.2, 0.25) is 0 Å². The van der Waals surface area contributed by atoms with Crippen LogP contribution in [0.1, 0.15) is 31.1 Å². The lowest BCUT2D eigenvalue weighted by molar-refractivity contribution is -0.0298. The van der Waals surface area contributed by atoms with E-state index in [9.17, 15) is 5.11 Å². The van der Waals surface area contributed by atoms with Gasteiger partial charge in [0.25, 0.3) is 0 Å². The molecule has 0 radical (unpaired) electrons. The van der Waals surface area contributed by atoms with Gasteiger partial charge < -0.3 is 15.2 Å². The Morgan fingerprint density at radius 2 is 2.20 bits per heavy atom. The Morgan fingerprint density at radius 3 is 3.00 bits per heavy atom. The summed E-state index contributed by atoms with van der Waals surface area (Å²) in [6.07, 6.45) is 6.47. The van der Waals surface area contributed by atoms with E-state index in [0.717, 1.165) is 37.1 Å². The zero-order valence-corrected chi connectivity index (χ0v) is 14.3. The number of imidazole rings is 1. The molecule has 25 heavy (non-hydrogen) atoms. The van der Waals surface area contributed by atoms with E-state index in [2.05, 4.69) is 20.3 Å². The summed E-state index contributed by atoms with van der Waals surface area (Å²) in [5.41, 5.74) is 2.40. The SMILES string of the molecule is Oc1ccc(CNc2ncnc3c2ncn3C2CCCCO2)cc1Cl.